The molecule has 0 aliphatic rings. The third-order valence-corrected chi connectivity index (χ3v) is 9.56. The highest BCUT2D eigenvalue weighted by Gasteiger charge is 2.19. The molecule has 0 saturated heterocycles. The number of nitro groups is 1. The zero-order chi connectivity index (χ0) is 33.6. The molecule has 0 saturated carbocycles. The predicted octanol–water partition coefficient (Wildman–Crippen LogP) is 12.4. The number of anilines is 3. The molecule has 8 aromatic carbocycles. The molecular weight excluding hydrogens is 615 g/mol. The highest BCUT2D eigenvalue weighted by molar-refractivity contribution is 6.23. The van der Waals surface area contributed by atoms with E-state index in [1.807, 2.05) is 30.5 Å². The average Bonchev–Trinajstić information content (AvgIpc) is 3.17. The number of fused-ring (bicyclic) bond motifs is 4. The Balaban J connectivity index is 1.23. The fourth-order valence-corrected chi connectivity index (χ4v) is 7.30. The molecule has 1 heterocycles. The van der Waals surface area contributed by atoms with Crippen LogP contribution < -0.4 is 4.90 Å². The summed E-state index contributed by atoms with van der Waals surface area (Å²) in [7, 11) is 0. The Hall–Kier alpha value is -6.85. The molecule has 0 atom stereocenters. The summed E-state index contributed by atoms with van der Waals surface area (Å²) in [5, 5.41) is 19.7. The van der Waals surface area contributed by atoms with Crippen LogP contribution in [0.5, 0.6) is 0 Å². The van der Waals surface area contributed by atoms with Crippen molar-refractivity contribution < 1.29 is 4.92 Å². The number of nitro benzene ring substituents is 1. The SMILES string of the molecule is O=[N+]([O-])c1ccc(N(c2ccc(-c3c4ccccc4c(-c4cccc5ccccc45)c4ccccc34)cc2)c2cnc3ccccc3c2)cc1. The number of non-ortho nitro benzene ring substituents is 1. The van der Waals surface area contributed by atoms with Crippen molar-refractivity contribution in [3.8, 4) is 22.3 Å². The number of hydrogen-bond donors (Lipinski definition) is 0. The topological polar surface area (TPSA) is 59.3 Å². The maximum atomic E-state index is 11.5. The van der Waals surface area contributed by atoms with Crippen molar-refractivity contribution in [2.75, 3.05) is 4.90 Å². The lowest BCUT2D eigenvalue weighted by atomic mass is 9.85. The largest absolute Gasteiger partial charge is 0.309 e. The molecule has 0 radical (unpaired) electrons. The minimum Gasteiger partial charge on any atom is -0.309 e. The molecule has 0 bridgehead atoms. The van der Waals surface area contributed by atoms with E-state index in [0.717, 1.165) is 33.5 Å². The van der Waals surface area contributed by atoms with E-state index in [-0.39, 0.29) is 10.6 Å². The van der Waals surface area contributed by atoms with Gasteiger partial charge in [-0.1, -0.05) is 121 Å². The number of para-hydroxylation sites is 1. The quantitative estimate of drug-likeness (QED) is 0.103. The molecule has 0 aliphatic heterocycles. The number of benzene rings is 8. The van der Waals surface area contributed by atoms with Gasteiger partial charge in [0.05, 0.1) is 22.3 Å². The predicted molar refractivity (Wildman–Crippen MR) is 206 cm³/mol. The molecule has 0 spiro atoms. The summed E-state index contributed by atoms with van der Waals surface area (Å²) in [5.41, 5.74) is 8.28. The van der Waals surface area contributed by atoms with Gasteiger partial charge in [-0.3, -0.25) is 15.1 Å². The standard InChI is InChI=1S/C45H29N3O2/c49-48(50)35-26-24-34(25-27-35)47(36-28-32-11-2-8-19-43(32)46-29-36)33-22-20-31(21-23-33)44-39-14-4-6-16-41(39)45(42-17-7-5-15-40(42)44)38-18-9-12-30-10-1-3-13-37(30)38/h1-29H. The van der Waals surface area contributed by atoms with Crippen molar-refractivity contribution >= 4 is 66.0 Å². The second kappa shape index (κ2) is 12.0. The molecule has 0 aliphatic carbocycles. The van der Waals surface area contributed by atoms with Gasteiger partial charge in [-0.2, -0.15) is 0 Å². The fourth-order valence-electron chi connectivity index (χ4n) is 7.30. The van der Waals surface area contributed by atoms with E-state index in [1.54, 1.807) is 24.3 Å². The minimum atomic E-state index is -0.374. The molecule has 5 heteroatoms. The Morgan fingerprint density at radius 2 is 1.00 bits per heavy atom. The highest BCUT2D eigenvalue weighted by Crippen LogP contribution is 2.46. The minimum absolute atomic E-state index is 0.0476. The lowest BCUT2D eigenvalue weighted by Crippen LogP contribution is -2.10. The van der Waals surface area contributed by atoms with E-state index in [2.05, 4.69) is 126 Å². The second-order valence-electron chi connectivity index (χ2n) is 12.4. The van der Waals surface area contributed by atoms with Crippen LogP contribution in [0.4, 0.5) is 22.7 Å². The summed E-state index contributed by atoms with van der Waals surface area (Å²) in [4.78, 5) is 17.9. The lowest BCUT2D eigenvalue weighted by Gasteiger charge is -2.26. The van der Waals surface area contributed by atoms with E-state index in [1.165, 1.54) is 49.0 Å². The Kier molecular flexibility index (Phi) is 7.03. The van der Waals surface area contributed by atoms with Crippen LogP contribution in [-0.2, 0) is 0 Å². The molecule has 5 nitrogen and oxygen atoms in total. The van der Waals surface area contributed by atoms with Crippen LogP contribution >= 0.6 is 0 Å². The van der Waals surface area contributed by atoms with Crippen molar-refractivity contribution in [1.82, 2.24) is 4.98 Å². The molecule has 1 aromatic heterocycles. The van der Waals surface area contributed by atoms with Gasteiger partial charge in [-0.15, -0.1) is 0 Å². The van der Waals surface area contributed by atoms with Crippen molar-refractivity contribution in [3.05, 3.63) is 186 Å². The van der Waals surface area contributed by atoms with E-state index in [4.69, 9.17) is 4.98 Å². The van der Waals surface area contributed by atoms with Gasteiger partial charge in [0.25, 0.3) is 5.69 Å². The first kappa shape index (κ1) is 29.3. The Bertz CT molecular complexity index is 2680. The first-order chi connectivity index (χ1) is 24.6. The van der Waals surface area contributed by atoms with Gasteiger partial charge < -0.3 is 4.90 Å². The lowest BCUT2D eigenvalue weighted by molar-refractivity contribution is -0.384. The number of aromatic nitrogens is 1. The van der Waals surface area contributed by atoms with E-state index in [0.29, 0.717) is 0 Å². The second-order valence-corrected chi connectivity index (χ2v) is 12.4. The summed E-state index contributed by atoms with van der Waals surface area (Å²) in [6.45, 7) is 0. The van der Waals surface area contributed by atoms with Crippen molar-refractivity contribution in [2.24, 2.45) is 0 Å². The van der Waals surface area contributed by atoms with Gasteiger partial charge in [-0.25, -0.2) is 0 Å². The first-order valence-corrected chi connectivity index (χ1v) is 16.6. The zero-order valence-corrected chi connectivity index (χ0v) is 26.9. The maximum absolute atomic E-state index is 11.5. The molecule has 0 N–H and O–H groups in total. The van der Waals surface area contributed by atoms with Crippen LogP contribution in [0.15, 0.2) is 176 Å². The molecule has 50 heavy (non-hydrogen) atoms. The van der Waals surface area contributed by atoms with Gasteiger partial charge >= 0.3 is 0 Å². The molecule has 9 aromatic rings. The molecule has 236 valence electrons. The summed E-state index contributed by atoms with van der Waals surface area (Å²) in [6, 6.07) is 57.9. The van der Waals surface area contributed by atoms with Crippen LogP contribution in [0.2, 0.25) is 0 Å². The van der Waals surface area contributed by atoms with E-state index >= 15 is 0 Å². The third-order valence-electron chi connectivity index (χ3n) is 9.56. The monoisotopic (exact) mass is 643 g/mol. The van der Waals surface area contributed by atoms with Gasteiger partial charge in [0.2, 0.25) is 0 Å². The summed E-state index contributed by atoms with van der Waals surface area (Å²) < 4.78 is 0. The van der Waals surface area contributed by atoms with Crippen molar-refractivity contribution in [3.63, 3.8) is 0 Å². The normalized spacial score (nSPS) is 11.4. The highest BCUT2D eigenvalue weighted by atomic mass is 16.6. The smallest absolute Gasteiger partial charge is 0.269 e. The summed E-state index contributed by atoms with van der Waals surface area (Å²) in [5.74, 6) is 0. The van der Waals surface area contributed by atoms with E-state index in [9.17, 15) is 10.1 Å². The number of pyridine rings is 1. The first-order valence-electron chi connectivity index (χ1n) is 16.6. The van der Waals surface area contributed by atoms with E-state index < -0.39 is 0 Å². The average molecular weight is 644 g/mol. The summed E-state index contributed by atoms with van der Waals surface area (Å²) >= 11 is 0. The van der Waals surface area contributed by atoms with Gasteiger partial charge in [0.1, 0.15) is 0 Å². The van der Waals surface area contributed by atoms with Crippen LogP contribution in [0.25, 0.3) is 65.5 Å². The number of hydrogen-bond acceptors (Lipinski definition) is 4. The van der Waals surface area contributed by atoms with Crippen molar-refractivity contribution in [2.45, 2.75) is 0 Å². The van der Waals surface area contributed by atoms with Gasteiger partial charge in [-0.05, 0) is 91.0 Å². The molecule has 9 rings (SSSR count). The number of nitrogens with zero attached hydrogens (tertiary/aromatic N) is 3. The van der Waals surface area contributed by atoms with Crippen LogP contribution in [0.3, 0.4) is 0 Å². The Morgan fingerprint density at radius 3 is 1.64 bits per heavy atom. The third kappa shape index (κ3) is 4.92. The maximum Gasteiger partial charge on any atom is 0.269 e. The van der Waals surface area contributed by atoms with Gasteiger partial charge in [0, 0.05) is 28.9 Å². The Labute approximate surface area is 288 Å². The zero-order valence-electron chi connectivity index (χ0n) is 26.9. The molecule has 0 amide bonds. The molecular formula is C45H29N3O2. The van der Waals surface area contributed by atoms with Crippen molar-refractivity contribution in [1.29, 1.82) is 0 Å². The molecule has 0 unspecified atom stereocenters. The van der Waals surface area contributed by atoms with Crippen LogP contribution in [-0.4, -0.2) is 9.91 Å². The fraction of sp³-hybridized carbons (Fsp3) is 0. The molecule has 0 fully saturated rings. The van der Waals surface area contributed by atoms with Crippen LogP contribution in [0, 0.1) is 10.1 Å². The Morgan fingerprint density at radius 1 is 0.480 bits per heavy atom. The summed E-state index contributed by atoms with van der Waals surface area (Å²) in [6.07, 6.45) is 1.85. The van der Waals surface area contributed by atoms with Crippen LogP contribution in [0.1, 0.15) is 0 Å². The number of rotatable bonds is 6. The van der Waals surface area contributed by atoms with Gasteiger partial charge in [0.15, 0.2) is 0 Å².